The number of carbonyl (C=O) groups excluding carboxylic acids is 1. The van der Waals surface area contributed by atoms with Crippen LogP contribution in [0.2, 0.25) is 0 Å². The summed E-state index contributed by atoms with van der Waals surface area (Å²) in [6.45, 7) is 3.56. The molecule has 0 fully saturated rings. The van der Waals surface area contributed by atoms with E-state index in [0.717, 1.165) is 10.5 Å². The molecule has 0 aliphatic carbocycles. The number of hydrogen-bond donors (Lipinski definition) is 2. The average Bonchev–Trinajstić information content (AvgIpc) is 2.47. The van der Waals surface area contributed by atoms with Gasteiger partial charge in [0.1, 0.15) is 0 Å². The lowest BCUT2D eigenvalue weighted by molar-refractivity contribution is -0.117. The molecule has 3 N–H and O–H groups in total. The molecular weight excluding hydrogens is 284 g/mol. The zero-order valence-corrected chi connectivity index (χ0v) is 12.8. The Bertz CT molecular complexity index is 666. The van der Waals surface area contributed by atoms with Gasteiger partial charge in [0.25, 0.3) is 0 Å². The molecule has 0 radical (unpaired) electrons. The van der Waals surface area contributed by atoms with Gasteiger partial charge in [-0.2, -0.15) is 0 Å². The fraction of sp³-hybridized carbons (Fsp3) is 0.188. The predicted octanol–water partition coefficient (Wildman–Crippen LogP) is 2.45. The highest BCUT2D eigenvalue weighted by atomic mass is 32.2. The van der Waals surface area contributed by atoms with Gasteiger partial charge in [0.05, 0.1) is 16.8 Å². The van der Waals surface area contributed by atoms with Crippen molar-refractivity contribution in [1.29, 1.82) is 0 Å². The highest BCUT2D eigenvalue weighted by molar-refractivity contribution is 7.85. The molecule has 21 heavy (non-hydrogen) atoms. The lowest BCUT2D eigenvalue weighted by Gasteiger charge is -2.09. The van der Waals surface area contributed by atoms with E-state index in [2.05, 4.69) is 5.32 Å². The Morgan fingerprint density at radius 2 is 1.76 bits per heavy atom. The van der Waals surface area contributed by atoms with Crippen molar-refractivity contribution in [3.63, 3.8) is 0 Å². The van der Waals surface area contributed by atoms with E-state index >= 15 is 0 Å². The van der Waals surface area contributed by atoms with Crippen molar-refractivity contribution in [2.45, 2.75) is 29.7 Å². The van der Waals surface area contributed by atoms with E-state index in [1.54, 1.807) is 31.2 Å². The van der Waals surface area contributed by atoms with Crippen LogP contribution in [0.25, 0.3) is 0 Å². The van der Waals surface area contributed by atoms with Gasteiger partial charge in [0.2, 0.25) is 5.91 Å². The van der Waals surface area contributed by atoms with Crippen molar-refractivity contribution >= 4 is 22.4 Å². The lowest BCUT2D eigenvalue weighted by atomic mass is 10.2. The van der Waals surface area contributed by atoms with Crippen LogP contribution < -0.4 is 11.1 Å². The summed E-state index contributed by atoms with van der Waals surface area (Å²) in [4.78, 5) is 13.0. The molecule has 0 heterocycles. The molecule has 0 aliphatic rings. The topological polar surface area (TPSA) is 72.2 Å². The third kappa shape index (κ3) is 3.77. The summed E-state index contributed by atoms with van der Waals surface area (Å²) in [5.41, 5.74) is 7.13. The SMILES string of the molecule is Cc1ccccc1S(=O)c1ccc(NC(=O)C(C)N)cc1. The smallest absolute Gasteiger partial charge is 0.240 e. The van der Waals surface area contributed by atoms with Gasteiger partial charge in [0.15, 0.2) is 0 Å². The average molecular weight is 302 g/mol. The minimum atomic E-state index is -1.23. The van der Waals surface area contributed by atoms with E-state index in [9.17, 15) is 9.00 Å². The largest absolute Gasteiger partial charge is 0.325 e. The van der Waals surface area contributed by atoms with Crippen molar-refractivity contribution in [1.82, 2.24) is 0 Å². The van der Waals surface area contributed by atoms with Gasteiger partial charge >= 0.3 is 0 Å². The zero-order valence-electron chi connectivity index (χ0n) is 12.0. The van der Waals surface area contributed by atoms with Gasteiger partial charge in [-0.05, 0) is 49.7 Å². The van der Waals surface area contributed by atoms with Crippen LogP contribution in [0.5, 0.6) is 0 Å². The maximum atomic E-state index is 12.5. The molecule has 2 unspecified atom stereocenters. The van der Waals surface area contributed by atoms with Crippen molar-refractivity contribution in [3.05, 3.63) is 54.1 Å². The Labute approximate surface area is 126 Å². The Kier molecular flexibility index (Phi) is 4.88. The Hall–Kier alpha value is -1.98. The Morgan fingerprint density at radius 1 is 1.14 bits per heavy atom. The van der Waals surface area contributed by atoms with Gasteiger partial charge in [-0.1, -0.05) is 18.2 Å². The van der Waals surface area contributed by atoms with Crippen molar-refractivity contribution in [2.75, 3.05) is 5.32 Å². The number of rotatable bonds is 4. The molecule has 2 rings (SSSR count). The number of nitrogens with one attached hydrogen (secondary N) is 1. The third-order valence-electron chi connectivity index (χ3n) is 3.04. The number of amides is 1. The van der Waals surface area contributed by atoms with Crippen LogP contribution in [0, 0.1) is 6.92 Å². The normalized spacial score (nSPS) is 13.5. The van der Waals surface area contributed by atoms with Gasteiger partial charge in [0, 0.05) is 15.5 Å². The van der Waals surface area contributed by atoms with Gasteiger partial charge < -0.3 is 11.1 Å². The molecule has 0 bridgehead atoms. The number of hydrogen-bond acceptors (Lipinski definition) is 3. The first-order valence-electron chi connectivity index (χ1n) is 6.63. The zero-order chi connectivity index (χ0) is 15.4. The fourth-order valence-electron chi connectivity index (χ4n) is 1.81. The molecule has 2 aromatic rings. The summed E-state index contributed by atoms with van der Waals surface area (Å²) in [6.07, 6.45) is 0. The maximum absolute atomic E-state index is 12.5. The van der Waals surface area contributed by atoms with Crippen LogP contribution in [0.3, 0.4) is 0 Å². The molecule has 0 saturated heterocycles. The highest BCUT2D eigenvalue weighted by Gasteiger charge is 2.11. The van der Waals surface area contributed by atoms with Crippen LogP contribution in [0.15, 0.2) is 58.3 Å². The maximum Gasteiger partial charge on any atom is 0.240 e. The third-order valence-corrected chi connectivity index (χ3v) is 4.60. The molecule has 0 saturated carbocycles. The van der Waals surface area contributed by atoms with E-state index in [1.807, 2.05) is 31.2 Å². The standard InChI is InChI=1S/C16H18N2O2S/c1-11-5-3-4-6-15(11)21(20)14-9-7-13(8-10-14)18-16(19)12(2)17/h3-10,12H,17H2,1-2H3,(H,18,19). The van der Waals surface area contributed by atoms with Crippen molar-refractivity contribution < 1.29 is 9.00 Å². The summed E-state index contributed by atoms with van der Waals surface area (Å²) in [5, 5.41) is 2.70. The summed E-state index contributed by atoms with van der Waals surface area (Å²) in [6, 6.07) is 14.0. The van der Waals surface area contributed by atoms with Gasteiger partial charge in [-0.25, -0.2) is 4.21 Å². The second kappa shape index (κ2) is 6.65. The molecule has 2 atom stereocenters. The van der Waals surface area contributed by atoms with E-state index in [4.69, 9.17) is 5.73 Å². The number of aryl methyl sites for hydroxylation is 1. The molecule has 4 nitrogen and oxygen atoms in total. The summed E-state index contributed by atoms with van der Waals surface area (Å²) < 4.78 is 12.5. The molecule has 1 amide bonds. The number of benzene rings is 2. The van der Waals surface area contributed by atoms with Gasteiger partial charge in [-0.15, -0.1) is 0 Å². The van der Waals surface area contributed by atoms with E-state index in [0.29, 0.717) is 10.6 Å². The van der Waals surface area contributed by atoms with Crippen LogP contribution in [0.1, 0.15) is 12.5 Å². The van der Waals surface area contributed by atoms with E-state index < -0.39 is 16.8 Å². The van der Waals surface area contributed by atoms with Crippen LogP contribution in [0.4, 0.5) is 5.69 Å². The molecular formula is C16H18N2O2S. The van der Waals surface area contributed by atoms with E-state index in [-0.39, 0.29) is 5.91 Å². The highest BCUT2D eigenvalue weighted by Crippen LogP contribution is 2.21. The second-order valence-corrected chi connectivity index (χ2v) is 6.29. The molecule has 2 aromatic carbocycles. The molecule has 0 aromatic heterocycles. The molecule has 110 valence electrons. The molecule has 0 spiro atoms. The first-order valence-corrected chi connectivity index (χ1v) is 7.78. The first kappa shape index (κ1) is 15.4. The monoisotopic (exact) mass is 302 g/mol. The van der Waals surface area contributed by atoms with Crippen molar-refractivity contribution in [2.24, 2.45) is 5.73 Å². The van der Waals surface area contributed by atoms with Gasteiger partial charge in [-0.3, -0.25) is 4.79 Å². The number of carbonyl (C=O) groups is 1. The summed E-state index contributed by atoms with van der Waals surface area (Å²) in [7, 11) is -1.23. The fourth-order valence-corrected chi connectivity index (χ4v) is 3.01. The Morgan fingerprint density at radius 3 is 2.33 bits per heavy atom. The number of anilines is 1. The Balaban J connectivity index is 2.18. The summed E-state index contributed by atoms with van der Waals surface area (Å²) >= 11 is 0. The minimum Gasteiger partial charge on any atom is -0.325 e. The molecule has 0 aliphatic heterocycles. The van der Waals surface area contributed by atoms with Crippen LogP contribution in [-0.4, -0.2) is 16.2 Å². The second-order valence-electron chi connectivity index (χ2n) is 4.84. The van der Waals surface area contributed by atoms with Crippen LogP contribution >= 0.6 is 0 Å². The predicted molar refractivity (Wildman–Crippen MR) is 84.6 cm³/mol. The lowest BCUT2D eigenvalue weighted by Crippen LogP contribution is -2.32. The van der Waals surface area contributed by atoms with Crippen LogP contribution in [-0.2, 0) is 15.6 Å². The first-order chi connectivity index (χ1) is 9.99. The quantitative estimate of drug-likeness (QED) is 0.911. The molecule has 5 heteroatoms. The van der Waals surface area contributed by atoms with E-state index in [1.165, 1.54) is 0 Å². The van der Waals surface area contributed by atoms with Crippen molar-refractivity contribution in [3.8, 4) is 0 Å². The summed E-state index contributed by atoms with van der Waals surface area (Å²) in [5.74, 6) is -0.247. The minimum absolute atomic E-state index is 0.247. The number of nitrogens with two attached hydrogens (primary N) is 1.